The largest absolute Gasteiger partial charge is 0.383 e. The third-order valence-electron chi connectivity index (χ3n) is 7.20. The monoisotopic (exact) mass is 467 g/mol. The summed E-state index contributed by atoms with van der Waals surface area (Å²) >= 11 is 0. The molecule has 0 aromatic heterocycles. The van der Waals surface area contributed by atoms with E-state index in [2.05, 4.69) is 10.2 Å². The average molecular weight is 468 g/mol. The van der Waals surface area contributed by atoms with Gasteiger partial charge in [0.15, 0.2) is 5.78 Å². The van der Waals surface area contributed by atoms with Gasteiger partial charge in [-0.1, -0.05) is 42.5 Å². The minimum absolute atomic E-state index is 0.00510. The zero-order valence-electron chi connectivity index (χ0n) is 20.0. The van der Waals surface area contributed by atoms with Crippen molar-refractivity contribution in [2.24, 2.45) is 11.8 Å². The molecule has 0 bridgehead atoms. The van der Waals surface area contributed by atoms with Gasteiger partial charge in [-0.05, 0) is 24.1 Å². The number of hydrogen-bond donors (Lipinski definition) is 1. The smallest absolute Gasteiger partial charge is 0.227 e. The van der Waals surface area contributed by atoms with Gasteiger partial charge in [0, 0.05) is 70.3 Å². The molecule has 2 heterocycles. The van der Waals surface area contributed by atoms with E-state index in [9.17, 15) is 14.0 Å². The van der Waals surface area contributed by atoms with Gasteiger partial charge >= 0.3 is 0 Å². The lowest BCUT2D eigenvalue weighted by Crippen LogP contribution is -2.56. The lowest BCUT2D eigenvalue weighted by atomic mass is 9.69. The molecular weight excluding hydrogens is 433 g/mol. The van der Waals surface area contributed by atoms with E-state index in [1.807, 2.05) is 41.3 Å². The standard InChI is InChI=1S/C27H34FN3O3/c1-19-21(9-6-10-24(19)28)25-22(26(32)20-7-4-3-5-8-20)17-30(15-16-34-2)18-23(25)27(33)31-13-11-29-12-14-31/h3-10,22-23,25,29H,11-18H2,1-2H3/t22-,23+,25-/m0/s1. The molecule has 34 heavy (non-hydrogen) atoms. The Hall–Kier alpha value is -2.61. The number of amides is 1. The van der Waals surface area contributed by atoms with Gasteiger partial charge in [-0.3, -0.25) is 14.5 Å². The Kier molecular flexibility index (Phi) is 8.08. The van der Waals surface area contributed by atoms with Crippen molar-refractivity contribution in [1.29, 1.82) is 0 Å². The molecule has 182 valence electrons. The van der Waals surface area contributed by atoms with E-state index >= 15 is 0 Å². The topological polar surface area (TPSA) is 61.9 Å². The van der Waals surface area contributed by atoms with Crippen LogP contribution in [0, 0.1) is 24.6 Å². The molecule has 0 radical (unpaired) electrons. The quantitative estimate of drug-likeness (QED) is 0.635. The van der Waals surface area contributed by atoms with Crippen LogP contribution in [0.1, 0.15) is 27.4 Å². The van der Waals surface area contributed by atoms with Crippen molar-refractivity contribution < 1.29 is 18.7 Å². The second kappa shape index (κ2) is 11.2. The van der Waals surface area contributed by atoms with Crippen molar-refractivity contribution in [1.82, 2.24) is 15.1 Å². The molecule has 1 N–H and O–H groups in total. The van der Waals surface area contributed by atoms with Gasteiger partial charge < -0.3 is 15.0 Å². The van der Waals surface area contributed by atoms with Crippen molar-refractivity contribution in [3.8, 4) is 0 Å². The number of nitrogens with one attached hydrogen (secondary N) is 1. The first-order chi connectivity index (χ1) is 16.5. The van der Waals surface area contributed by atoms with Crippen LogP contribution in [0.4, 0.5) is 4.39 Å². The van der Waals surface area contributed by atoms with E-state index in [-0.39, 0.29) is 17.5 Å². The van der Waals surface area contributed by atoms with Crippen molar-refractivity contribution in [2.45, 2.75) is 12.8 Å². The maximum absolute atomic E-state index is 14.7. The Bertz CT molecular complexity index is 994. The summed E-state index contributed by atoms with van der Waals surface area (Å²) in [6, 6.07) is 14.2. The first-order valence-electron chi connectivity index (χ1n) is 12.1. The number of carbonyl (C=O) groups excluding carboxylic acids is 2. The number of Topliss-reactive ketones (excluding diaryl/α,β-unsaturated/α-hetero) is 1. The van der Waals surface area contributed by atoms with Gasteiger partial charge in [-0.2, -0.15) is 0 Å². The highest BCUT2D eigenvalue weighted by Gasteiger charge is 2.46. The normalized spacial score (nSPS) is 23.6. The summed E-state index contributed by atoms with van der Waals surface area (Å²) in [4.78, 5) is 31.8. The number of ether oxygens (including phenoxy) is 1. The Morgan fingerprint density at radius 1 is 1.03 bits per heavy atom. The van der Waals surface area contributed by atoms with Crippen molar-refractivity contribution >= 4 is 11.7 Å². The zero-order chi connectivity index (χ0) is 24.1. The molecule has 0 aliphatic carbocycles. The van der Waals surface area contributed by atoms with Crippen LogP contribution >= 0.6 is 0 Å². The van der Waals surface area contributed by atoms with E-state index in [4.69, 9.17) is 4.74 Å². The van der Waals surface area contributed by atoms with Crippen LogP contribution in [0.3, 0.4) is 0 Å². The molecule has 2 saturated heterocycles. The predicted molar refractivity (Wildman–Crippen MR) is 129 cm³/mol. The highest BCUT2D eigenvalue weighted by Crippen LogP contribution is 2.41. The molecule has 2 aromatic rings. The third-order valence-corrected chi connectivity index (χ3v) is 7.20. The fourth-order valence-corrected chi connectivity index (χ4v) is 5.37. The van der Waals surface area contributed by atoms with E-state index in [1.165, 1.54) is 6.07 Å². The summed E-state index contributed by atoms with van der Waals surface area (Å²) in [7, 11) is 1.65. The van der Waals surface area contributed by atoms with Gasteiger partial charge in [0.25, 0.3) is 0 Å². The molecule has 3 atom stereocenters. The number of piperidine rings is 1. The van der Waals surface area contributed by atoms with E-state index < -0.39 is 17.8 Å². The van der Waals surface area contributed by atoms with Crippen LogP contribution in [0.15, 0.2) is 48.5 Å². The molecule has 7 heteroatoms. The van der Waals surface area contributed by atoms with Crippen molar-refractivity contribution in [3.63, 3.8) is 0 Å². The second-order valence-corrected chi connectivity index (χ2v) is 9.25. The lowest BCUT2D eigenvalue weighted by molar-refractivity contribution is -0.139. The van der Waals surface area contributed by atoms with Crippen LogP contribution in [0.5, 0.6) is 0 Å². The second-order valence-electron chi connectivity index (χ2n) is 9.25. The Balaban J connectivity index is 1.78. The average Bonchev–Trinajstić information content (AvgIpc) is 2.89. The molecule has 4 rings (SSSR count). The highest BCUT2D eigenvalue weighted by molar-refractivity contribution is 5.99. The number of likely N-dealkylation sites (tertiary alicyclic amines) is 1. The summed E-state index contributed by atoms with van der Waals surface area (Å²) < 4.78 is 20.0. The van der Waals surface area contributed by atoms with Gasteiger partial charge in [0.2, 0.25) is 5.91 Å². The summed E-state index contributed by atoms with van der Waals surface area (Å²) in [5.74, 6) is -1.58. The number of ketones is 1. The van der Waals surface area contributed by atoms with Gasteiger partial charge in [-0.15, -0.1) is 0 Å². The minimum atomic E-state index is -0.467. The maximum atomic E-state index is 14.7. The van der Waals surface area contributed by atoms with Crippen molar-refractivity contribution in [3.05, 3.63) is 71.0 Å². The maximum Gasteiger partial charge on any atom is 0.227 e. The number of halogens is 1. The number of rotatable bonds is 7. The number of piperazine rings is 1. The number of carbonyl (C=O) groups is 2. The van der Waals surface area contributed by atoms with E-state index in [0.717, 1.165) is 18.7 Å². The molecule has 2 aliphatic rings. The molecule has 0 unspecified atom stereocenters. The number of methoxy groups -OCH3 is 1. The summed E-state index contributed by atoms with van der Waals surface area (Å²) in [5, 5.41) is 3.29. The van der Waals surface area contributed by atoms with Crippen molar-refractivity contribution in [2.75, 3.05) is 59.5 Å². The van der Waals surface area contributed by atoms with Gasteiger partial charge in [0.1, 0.15) is 5.82 Å². The van der Waals surface area contributed by atoms with E-state index in [1.54, 1.807) is 20.1 Å². The number of benzene rings is 2. The van der Waals surface area contributed by atoms with Crippen LogP contribution in [-0.2, 0) is 9.53 Å². The summed E-state index contributed by atoms with van der Waals surface area (Å²) in [5.41, 5.74) is 1.89. The number of hydrogen-bond acceptors (Lipinski definition) is 5. The van der Waals surface area contributed by atoms with Crippen LogP contribution in [0.2, 0.25) is 0 Å². The first kappa shape index (κ1) is 24.5. The Morgan fingerprint density at radius 3 is 2.44 bits per heavy atom. The molecule has 6 nitrogen and oxygen atoms in total. The minimum Gasteiger partial charge on any atom is -0.383 e. The van der Waals surface area contributed by atoms with Gasteiger partial charge in [-0.25, -0.2) is 4.39 Å². The van der Waals surface area contributed by atoms with Crippen LogP contribution < -0.4 is 5.32 Å². The first-order valence-corrected chi connectivity index (χ1v) is 12.1. The summed E-state index contributed by atoms with van der Waals surface area (Å²) in [6.45, 7) is 6.70. The molecule has 2 fully saturated rings. The number of nitrogens with zero attached hydrogens (tertiary/aromatic N) is 2. The predicted octanol–water partition coefficient (Wildman–Crippen LogP) is 2.73. The molecule has 2 aromatic carbocycles. The fraction of sp³-hybridized carbons (Fsp3) is 0.481. The van der Waals surface area contributed by atoms with Crippen LogP contribution in [-0.4, -0.2) is 81.0 Å². The van der Waals surface area contributed by atoms with Gasteiger partial charge in [0.05, 0.1) is 12.5 Å². The lowest BCUT2D eigenvalue weighted by Gasteiger charge is -2.45. The molecule has 0 spiro atoms. The summed E-state index contributed by atoms with van der Waals surface area (Å²) in [6.07, 6.45) is 0. The molecule has 2 aliphatic heterocycles. The Morgan fingerprint density at radius 2 is 1.74 bits per heavy atom. The molecular formula is C27H34FN3O3. The molecule has 0 saturated carbocycles. The zero-order valence-corrected chi connectivity index (χ0v) is 20.0. The SMILES string of the molecule is COCCN1C[C@H](C(=O)c2ccccc2)[C@H](c2cccc(F)c2C)[C@H](C(=O)N2CCNCC2)C1. The van der Waals surface area contributed by atoms with Crippen LogP contribution in [0.25, 0.3) is 0 Å². The Labute approximate surface area is 201 Å². The molecule has 1 amide bonds. The highest BCUT2D eigenvalue weighted by atomic mass is 19.1. The third kappa shape index (κ3) is 5.22. The fourth-order valence-electron chi connectivity index (χ4n) is 5.37. The van der Waals surface area contributed by atoms with E-state index in [0.29, 0.717) is 50.5 Å².